The molecule has 0 saturated carbocycles. The Bertz CT molecular complexity index is 1400. The zero-order valence-corrected chi connectivity index (χ0v) is 14.6. The molecule has 0 aliphatic heterocycles. The average Bonchev–Trinajstić information content (AvgIpc) is 3.10. The van der Waals surface area contributed by atoms with Gasteiger partial charge in [-0.1, -0.05) is 36.4 Å². The number of aromatic nitrogens is 1. The van der Waals surface area contributed by atoms with Gasteiger partial charge in [-0.25, -0.2) is 14.6 Å². The smallest absolute Gasteiger partial charge is 0.351 e. The number of nitrogens with zero attached hydrogens (tertiary/aromatic N) is 1. The van der Waals surface area contributed by atoms with E-state index in [1.165, 1.54) is 17.4 Å². The minimum absolute atomic E-state index is 0.350. The summed E-state index contributed by atoms with van der Waals surface area (Å²) >= 11 is 1.50. The molecular formula is C21H11NO4S. The van der Waals surface area contributed by atoms with Crippen LogP contribution in [0.2, 0.25) is 0 Å². The molecule has 5 nitrogen and oxygen atoms in total. The van der Waals surface area contributed by atoms with E-state index in [-0.39, 0.29) is 5.56 Å². The lowest BCUT2D eigenvalue weighted by molar-refractivity contribution is 0.0692. The molecule has 2 aromatic heterocycles. The minimum atomic E-state index is -1.31. The van der Waals surface area contributed by atoms with Gasteiger partial charge in [0.25, 0.3) is 0 Å². The van der Waals surface area contributed by atoms with Crippen LogP contribution in [0.1, 0.15) is 10.4 Å². The first kappa shape index (κ1) is 15.7. The molecule has 0 aliphatic carbocycles. The van der Waals surface area contributed by atoms with Gasteiger partial charge >= 0.3 is 11.6 Å². The van der Waals surface area contributed by atoms with Crippen LogP contribution in [0.25, 0.3) is 42.5 Å². The molecule has 5 rings (SSSR count). The quantitative estimate of drug-likeness (QED) is 0.351. The molecule has 130 valence electrons. The van der Waals surface area contributed by atoms with Crippen molar-refractivity contribution in [3.63, 3.8) is 0 Å². The number of benzene rings is 3. The number of rotatable bonds is 2. The summed E-state index contributed by atoms with van der Waals surface area (Å²) in [6, 6.07) is 18.7. The molecule has 0 bridgehead atoms. The maximum atomic E-state index is 12.2. The van der Waals surface area contributed by atoms with E-state index in [9.17, 15) is 14.7 Å². The van der Waals surface area contributed by atoms with Crippen molar-refractivity contribution in [1.82, 2.24) is 4.98 Å². The summed E-state index contributed by atoms with van der Waals surface area (Å²) in [6.45, 7) is 0. The van der Waals surface area contributed by atoms with Gasteiger partial charge in [0.1, 0.15) is 16.2 Å². The second kappa shape index (κ2) is 5.75. The zero-order chi connectivity index (χ0) is 18.5. The van der Waals surface area contributed by atoms with Gasteiger partial charge in [-0.05, 0) is 35.0 Å². The topological polar surface area (TPSA) is 80.4 Å². The van der Waals surface area contributed by atoms with E-state index in [1.807, 2.05) is 54.6 Å². The van der Waals surface area contributed by atoms with E-state index >= 15 is 0 Å². The van der Waals surface area contributed by atoms with E-state index in [2.05, 4.69) is 4.98 Å². The Morgan fingerprint density at radius 2 is 1.78 bits per heavy atom. The van der Waals surface area contributed by atoms with E-state index in [0.29, 0.717) is 16.5 Å². The maximum absolute atomic E-state index is 12.2. The fraction of sp³-hybridized carbons (Fsp3) is 0. The van der Waals surface area contributed by atoms with Crippen molar-refractivity contribution >= 4 is 49.3 Å². The van der Waals surface area contributed by atoms with Crippen molar-refractivity contribution in [3.05, 3.63) is 76.6 Å². The van der Waals surface area contributed by atoms with Gasteiger partial charge in [-0.3, -0.25) is 0 Å². The molecule has 0 unspecified atom stereocenters. The van der Waals surface area contributed by atoms with Gasteiger partial charge in [-0.15, -0.1) is 11.3 Å². The number of hydrogen-bond donors (Lipinski definition) is 1. The molecular weight excluding hydrogens is 362 g/mol. The Morgan fingerprint density at radius 1 is 1.00 bits per heavy atom. The van der Waals surface area contributed by atoms with Gasteiger partial charge in [0.15, 0.2) is 0 Å². The highest BCUT2D eigenvalue weighted by Crippen LogP contribution is 2.38. The fourth-order valence-electron chi connectivity index (χ4n) is 3.26. The third-order valence-corrected chi connectivity index (χ3v) is 5.57. The summed E-state index contributed by atoms with van der Waals surface area (Å²) in [4.78, 5) is 28.3. The molecule has 0 aliphatic rings. The first-order chi connectivity index (χ1) is 13.1. The first-order valence-electron chi connectivity index (χ1n) is 8.20. The van der Waals surface area contributed by atoms with Crippen LogP contribution in [0.3, 0.4) is 0 Å². The van der Waals surface area contributed by atoms with Crippen molar-refractivity contribution in [3.8, 4) is 10.6 Å². The Kier molecular flexibility index (Phi) is 3.35. The highest BCUT2D eigenvalue weighted by Gasteiger charge is 2.19. The standard InChI is InChI=1S/C21H11NO4S/c23-20(24)15-10-13-12-6-2-1-5-11(12)9-14(18(13)26-21(15)25)19-22-16-7-3-4-8-17(16)27-19/h1-10H,(H,23,24). The third kappa shape index (κ3) is 2.42. The lowest BCUT2D eigenvalue weighted by Gasteiger charge is -2.08. The van der Waals surface area contributed by atoms with Gasteiger partial charge in [0.05, 0.1) is 15.8 Å². The molecule has 0 radical (unpaired) electrons. The van der Waals surface area contributed by atoms with Crippen LogP contribution in [0.5, 0.6) is 0 Å². The number of fused-ring (bicyclic) bond motifs is 4. The van der Waals surface area contributed by atoms with Gasteiger partial charge < -0.3 is 9.52 Å². The number of para-hydroxylation sites is 1. The maximum Gasteiger partial charge on any atom is 0.351 e. The summed E-state index contributed by atoms with van der Waals surface area (Å²) in [5.74, 6) is -1.31. The molecule has 6 heteroatoms. The molecule has 5 aromatic rings. The first-order valence-corrected chi connectivity index (χ1v) is 9.02. The Morgan fingerprint density at radius 3 is 2.59 bits per heavy atom. The molecule has 2 heterocycles. The predicted octanol–water partition coefficient (Wildman–Crippen LogP) is 4.92. The number of carbonyl (C=O) groups is 1. The SMILES string of the molecule is O=C(O)c1cc2c(oc1=O)c(-c1nc3ccccc3s1)cc1ccccc12. The lowest BCUT2D eigenvalue weighted by Crippen LogP contribution is -2.13. The van der Waals surface area contributed by atoms with Gasteiger partial charge in [0.2, 0.25) is 0 Å². The lowest BCUT2D eigenvalue weighted by atomic mass is 10.0. The molecule has 0 fully saturated rings. The van der Waals surface area contributed by atoms with Crippen molar-refractivity contribution in [2.45, 2.75) is 0 Å². The van der Waals surface area contributed by atoms with Crippen LogP contribution >= 0.6 is 11.3 Å². The van der Waals surface area contributed by atoms with Crippen molar-refractivity contribution in [2.75, 3.05) is 0 Å². The van der Waals surface area contributed by atoms with Crippen LogP contribution in [0.4, 0.5) is 0 Å². The van der Waals surface area contributed by atoms with Gasteiger partial charge in [0, 0.05) is 5.39 Å². The van der Waals surface area contributed by atoms with Crippen LogP contribution in [0.15, 0.2) is 69.9 Å². The van der Waals surface area contributed by atoms with Crippen LogP contribution in [-0.4, -0.2) is 16.1 Å². The molecule has 0 amide bonds. The third-order valence-electron chi connectivity index (χ3n) is 4.50. The highest BCUT2D eigenvalue weighted by molar-refractivity contribution is 7.21. The van der Waals surface area contributed by atoms with E-state index < -0.39 is 11.6 Å². The number of aromatic carboxylic acids is 1. The zero-order valence-electron chi connectivity index (χ0n) is 13.8. The molecule has 3 aromatic carbocycles. The minimum Gasteiger partial charge on any atom is -0.477 e. The molecule has 0 atom stereocenters. The Balaban J connectivity index is 1.94. The number of hydrogen-bond acceptors (Lipinski definition) is 5. The molecule has 0 spiro atoms. The van der Waals surface area contributed by atoms with Crippen LogP contribution in [0, 0.1) is 0 Å². The Labute approximate surface area is 156 Å². The summed E-state index contributed by atoms with van der Waals surface area (Å²) in [5, 5.41) is 12.4. The fourth-order valence-corrected chi connectivity index (χ4v) is 4.23. The summed E-state index contributed by atoms with van der Waals surface area (Å²) < 4.78 is 6.50. The van der Waals surface area contributed by atoms with E-state index in [0.717, 1.165) is 26.0 Å². The van der Waals surface area contributed by atoms with Crippen LogP contribution in [-0.2, 0) is 0 Å². The Hall–Kier alpha value is -3.51. The van der Waals surface area contributed by atoms with Crippen molar-refractivity contribution < 1.29 is 14.3 Å². The predicted molar refractivity (Wildman–Crippen MR) is 106 cm³/mol. The second-order valence-corrected chi connectivity index (χ2v) is 7.16. The molecule has 0 saturated heterocycles. The van der Waals surface area contributed by atoms with E-state index in [4.69, 9.17) is 4.42 Å². The van der Waals surface area contributed by atoms with Crippen LogP contribution < -0.4 is 5.63 Å². The summed E-state index contributed by atoms with van der Waals surface area (Å²) in [7, 11) is 0. The number of carboxylic acid groups (broad SMARTS) is 1. The highest BCUT2D eigenvalue weighted by atomic mass is 32.1. The average molecular weight is 373 g/mol. The second-order valence-electron chi connectivity index (χ2n) is 6.13. The van der Waals surface area contributed by atoms with Crippen molar-refractivity contribution in [1.29, 1.82) is 0 Å². The van der Waals surface area contributed by atoms with E-state index in [1.54, 1.807) is 0 Å². The molecule has 1 N–H and O–H groups in total. The number of carboxylic acids is 1. The normalized spacial score (nSPS) is 11.4. The summed E-state index contributed by atoms with van der Waals surface area (Å²) in [5.41, 5.74) is 0.645. The number of thiazole rings is 1. The molecule has 27 heavy (non-hydrogen) atoms. The summed E-state index contributed by atoms with van der Waals surface area (Å²) in [6.07, 6.45) is 0. The van der Waals surface area contributed by atoms with Crippen molar-refractivity contribution in [2.24, 2.45) is 0 Å². The largest absolute Gasteiger partial charge is 0.477 e. The van der Waals surface area contributed by atoms with Gasteiger partial charge in [-0.2, -0.15) is 0 Å². The monoisotopic (exact) mass is 373 g/mol.